The molecule has 1 aromatic carbocycles. The average Bonchev–Trinajstić information content (AvgIpc) is 2.36. The second kappa shape index (κ2) is 5.02. The number of nitrogens with one attached hydrogen (secondary N) is 1. The van der Waals surface area contributed by atoms with Gasteiger partial charge in [0, 0.05) is 19.6 Å². The summed E-state index contributed by atoms with van der Waals surface area (Å²) in [4.78, 5) is 13.6. The van der Waals surface area contributed by atoms with Gasteiger partial charge in [-0.15, -0.1) is 0 Å². The highest BCUT2D eigenvalue weighted by molar-refractivity contribution is 5.87. The molecule has 0 bridgehead atoms. The molecule has 1 fully saturated rings. The van der Waals surface area contributed by atoms with Crippen molar-refractivity contribution in [3.05, 3.63) is 35.9 Å². The van der Waals surface area contributed by atoms with Crippen LogP contribution in [0.1, 0.15) is 12.5 Å². The Hall–Kier alpha value is -1.49. The number of carbonyl (C=O) groups excluding carboxylic acids is 1. The van der Waals surface area contributed by atoms with E-state index >= 15 is 0 Å². The van der Waals surface area contributed by atoms with Gasteiger partial charge in [-0.1, -0.05) is 30.3 Å². The van der Waals surface area contributed by atoms with E-state index < -0.39 is 17.9 Å². The maximum absolute atomic E-state index is 13.0. The van der Waals surface area contributed by atoms with Gasteiger partial charge in [0.25, 0.3) is 6.43 Å². The van der Waals surface area contributed by atoms with E-state index in [9.17, 15) is 13.6 Å². The van der Waals surface area contributed by atoms with Crippen molar-refractivity contribution in [2.75, 3.05) is 13.1 Å². The molecule has 18 heavy (non-hydrogen) atoms. The fraction of sp³-hybridized carbons (Fsp3) is 0.462. The first-order chi connectivity index (χ1) is 8.54. The van der Waals surface area contributed by atoms with Gasteiger partial charge in [-0.25, -0.2) is 8.78 Å². The van der Waals surface area contributed by atoms with Crippen LogP contribution in [0.25, 0.3) is 0 Å². The molecule has 0 aromatic heterocycles. The second-order valence-electron chi connectivity index (χ2n) is 4.64. The lowest BCUT2D eigenvalue weighted by Crippen LogP contribution is -2.66. The van der Waals surface area contributed by atoms with Gasteiger partial charge in [0.05, 0.1) is 0 Å². The molecule has 1 N–H and O–H groups in total. The number of hydrogen-bond donors (Lipinski definition) is 1. The van der Waals surface area contributed by atoms with Crippen LogP contribution in [-0.4, -0.2) is 35.9 Å². The minimum Gasteiger partial charge on any atom is -0.335 e. The first-order valence-corrected chi connectivity index (χ1v) is 5.90. The van der Waals surface area contributed by atoms with Crippen molar-refractivity contribution in [1.29, 1.82) is 0 Å². The SMILES string of the molecule is C[C@@]1(C(F)F)NCCN(Cc2ccccc2)C1=O. The van der Waals surface area contributed by atoms with Crippen LogP contribution in [0.3, 0.4) is 0 Å². The van der Waals surface area contributed by atoms with E-state index in [1.807, 2.05) is 30.3 Å². The molecule has 0 saturated carbocycles. The van der Waals surface area contributed by atoms with Crippen LogP contribution in [-0.2, 0) is 11.3 Å². The summed E-state index contributed by atoms with van der Waals surface area (Å²) in [6.07, 6.45) is -2.71. The monoisotopic (exact) mass is 254 g/mol. The smallest absolute Gasteiger partial charge is 0.265 e. The van der Waals surface area contributed by atoms with Crippen molar-refractivity contribution in [1.82, 2.24) is 10.2 Å². The van der Waals surface area contributed by atoms with Gasteiger partial charge in [0.1, 0.15) is 0 Å². The molecule has 1 aromatic rings. The van der Waals surface area contributed by atoms with Crippen molar-refractivity contribution in [2.45, 2.75) is 25.4 Å². The second-order valence-corrected chi connectivity index (χ2v) is 4.64. The number of alkyl halides is 2. The number of hydrogen-bond acceptors (Lipinski definition) is 2. The summed E-state index contributed by atoms with van der Waals surface area (Å²) < 4.78 is 25.9. The standard InChI is InChI=1S/C13H16F2N2O/c1-13(11(14)15)12(18)17(8-7-16-13)9-10-5-3-2-4-6-10/h2-6,11,16H,7-9H2,1H3/t13-/m0/s1. The topological polar surface area (TPSA) is 32.3 Å². The summed E-state index contributed by atoms with van der Waals surface area (Å²) in [6.45, 7) is 2.48. The number of benzene rings is 1. The van der Waals surface area contributed by atoms with Gasteiger partial charge in [-0.05, 0) is 12.5 Å². The maximum atomic E-state index is 13.0. The molecule has 1 amide bonds. The van der Waals surface area contributed by atoms with Crippen molar-refractivity contribution in [3.8, 4) is 0 Å². The van der Waals surface area contributed by atoms with Gasteiger partial charge < -0.3 is 4.90 Å². The highest BCUT2D eigenvalue weighted by Crippen LogP contribution is 2.22. The van der Waals surface area contributed by atoms with E-state index in [1.165, 1.54) is 11.8 Å². The van der Waals surface area contributed by atoms with E-state index in [-0.39, 0.29) is 0 Å². The molecule has 2 rings (SSSR count). The zero-order valence-electron chi connectivity index (χ0n) is 10.2. The Bertz CT molecular complexity index is 424. The number of carbonyl (C=O) groups is 1. The largest absolute Gasteiger partial charge is 0.335 e. The van der Waals surface area contributed by atoms with Crippen LogP contribution in [0, 0.1) is 0 Å². The summed E-state index contributed by atoms with van der Waals surface area (Å²) >= 11 is 0. The molecule has 0 spiro atoms. The Morgan fingerprint density at radius 3 is 2.67 bits per heavy atom. The van der Waals surface area contributed by atoms with Crippen molar-refractivity contribution in [2.24, 2.45) is 0 Å². The Labute approximate surface area is 105 Å². The Kier molecular flexibility index (Phi) is 3.61. The van der Waals surface area contributed by atoms with Gasteiger partial charge >= 0.3 is 0 Å². The van der Waals surface area contributed by atoms with Crippen LogP contribution in [0.15, 0.2) is 30.3 Å². The quantitative estimate of drug-likeness (QED) is 0.889. The predicted molar refractivity (Wildman–Crippen MR) is 64.3 cm³/mol. The lowest BCUT2D eigenvalue weighted by atomic mass is 9.98. The minimum absolute atomic E-state index is 0.379. The third kappa shape index (κ3) is 2.36. The highest BCUT2D eigenvalue weighted by Gasteiger charge is 2.47. The molecular weight excluding hydrogens is 238 g/mol. The first kappa shape index (κ1) is 13.0. The molecule has 0 radical (unpaired) electrons. The normalized spacial score (nSPS) is 24.7. The molecular formula is C13H16F2N2O. The molecule has 0 aliphatic carbocycles. The number of amides is 1. The maximum Gasteiger partial charge on any atom is 0.265 e. The van der Waals surface area contributed by atoms with Crippen LogP contribution in [0.5, 0.6) is 0 Å². The third-order valence-corrected chi connectivity index (χ3v) is 3.26. The molecule has 3 nitrogen and oxygen atoms in total. The minimum atomic E-state index is -2.71. The lowest BCUT2D eigenvalue weighted by molar-refractivity contribution is -0.148. The summed E-state index contributed by atoms with van der Waals surface area (Å²) in [6, 6.07) is 9.39. The highest BCUT2D eigenvalue weighted by atomic mass is 19.3. The molecule has 1 aliphatic rings. The number of nitrogens with zero attached hydrogens (tertiary/aromatic N) is 1. The molecule has 98 valence electrons. The van der Waals surface area contributed by atoms with E-state index in [0.717, 1.165) is 5.56 Å². The number of halogens is 2. The fourth-order valence-corrected chi connectivity index (χ4v) is 2.08. The van der Waals surface area contributed by atoms with Gasteiger partial charge in [0.2, 0.25) is 5.91 Å². The molecule has 1 saturated heterocycles. The van der Waals surface area contributed by atoms with Crippen LogP contribution in [0.2, 0.25) is 0 Å². The van der Waals surface area contributed by atoms with E-state index in [2.05, 4.69) is 5.32 Å². The lowest BCUT2D eigenvalue weighted by Gasteiger charge is -2.39. The Balaban J connectivity index is 2.12. The van der Waals surface area contributed by atoms with Gasteiger partial charge in [-0.2, -0.15) is 0 Å². The Morgan fingerprint density at radius 2 is 2.06 bits per heavy atom. The zero-order valence-corrected chi connectivity index (χ0v) is 10.2. The van der Waals surface area contributed by atoms with Crippen LogP contribution < -0.4 is 5.32 Å². The van der Waals surface area contributed by atoms with Crippen molar-refractivity contribution >= 4 is 5.91 Å². The van der Waals surface area contributed by atoms with E-state index in [0.29, 0.717) is 19.6 Å². The predicted octanol–water partition coefficient (Wildman–Crippen LogP) is 1.64. The molecule has 5 heteroatoms. The zero-order chi connectivity index (χ0) is 13.2. The van der Waals surface area contributed by atoms with Gasteiger partial charge in [0.15, 0.2) is 5.54 Å². The summed E-state index contributed by atoms with van der Waals surface area (Å²) in [5, 5.41) is 2.62. The molecule has 1 aliphatic heterocycles. The fourth-order valence-electron chi connectivity index (χ4n) is 2.08. The molecule has 1 heterocycles. The van der Waals surface area contributed by atoms with E-state index in [1.54, 1.807) is 0 Å². The Morgan fingerprint density at radius 1 is 1.39 bits per heavy atom. The van der Waals surface area contributed by atoms with Crippen molar-refractivity contribution in [3.63, 3.8) is 0 Å². The third-order valence-electron chi connectivity index (χ3n) is 3.26. The number of piperazine rings is 1. The van der Waals surface area contributed by atoms with Crippen LogP contribution in [0.4, 0.5) is 8.78 Å². The number of rotatable bonds is 3. The van der Waals surface area contributed by atoms with Crippen molar-refractivity contribution < 1.29 is 13.6 Å². The molecule has 0 unspecified atom stereocenters. The summed E-state index contributed by atoms with van der Waals surface area (Å²) in [7, 11) is 0. The first-order valence-electron chi connectivity index (χ1n) is 5.90. The van der Waals surface area contributed by atoms with Gasteiger partial charge in [-0.3, -0.25) is 10.1 Å². The molecule has 1 atom stereocenters. The van der Waals surface area contributed by atoms with E-state index in [4.69, 9.17) is 0 Å². The summed E-state index contributed by atoms with van der Waals surface area (Å²) in [5.41, 5.74) is -0.808. The average molecular weight is 254 g/mol. The summed E-state index contributed by atoms with van der Waals surface area (Å²) in [5.74, 6) is -0.535. The van der Waals surface area contributed by atoms with Crippen LogP contribution >= 0.6 is 0 Å².